The zero-order valence-corrected chi connectivity index (χ0v) is 11.9. The van der Waals surface area contributed by atoms with Gasteiger partial charge in [-0.3, -0.25) is 4.68 Å². The Morgan fingerprint density at radius 3 is 2.74 bits per heavy atom. The molecule has 0 fully saturated rings. The lowest BCUT2D eigenvalue weighted by Crippen LogP contribution is -2.20. The molecule has 1 aromatic heterocycles. The van der Waals surface area contributed by atoms with Crippen LogP contribution in [0.1, 0.15) is 5.56 Å². The van der Waals surface area contributed by atoms with Crippen molar-refractivity contribution < 1.29 is 4.74 Å². The zero-order valence-electron chi connectivity index (χ0n) is 11.1. The molecule has 0 saturated heterocycles. The molecule has 19 heavy (non-hydrogen) atoms. The first-order valence-electron chi connectivity index (χ1n) is 5.81. The van der Waals surface area contributed by atoms with Gasteiger partial charge in [0, 0.05) is 19.3 Å². The van der Waals surface area contributed by atoms with Crippen molar-refractivity contribution >= 4 is 28.8 Å². The largest absolute Gasteiger partial charge is 0.495 e. The number of rotatable bonds is 3. The minimum absolute atomic E-state index is 0.475. The van der Waals surface area contributed by atoms with Gasteiger partial charge in [0.25, 0.3) is 0 Å². The molecule has 0 unspecified atom stereocenters. The van der Waals surface area contributed by atoms with Crippen LogP contribution in [-0.2, 0) is 7.05 Å². The van der Waals surface area contributed by atoms with Crippen LogP contribution in [-0.4, -0.2) is 22.0 Å². The third-order valence-corrected chi connectivity index (χ3v) is 2.76. The van der Waals surface area contributed by atoms with E-state index in [1.165, 1.54) is 0 Å². The minimum atomic E-state index is 0.475. The number of methoxy groups -OCH3 is 1. The van der Waals surface area contributed by atoms with Crippen molar-refractivity contribution in [3.8, 4) is 5.75 Å². The first kappa shape index (κ1) is 13.4. The molecule has 0 aliphatic rings. The fourth-order valence-corrected chi connectivity index (χ4v) is 1.89. The predicted molar refractivity (Wildman–Crippen MR) is 80.8 cm³/mol. The number of aromatic nitrogens is 2. The molecular formula is C13H16N4OS. The summed E-state index contributed by atoms with van der Waals surface area (Å²) in [6, 6.07) is 7.72. The molecule has 2 N–H and O–H groups in total. The second-order valence-electron chi connectivity index (χ2n) is 4.16. The van der Waals surface area contributed by atoms with Crippen molar-refractivity contribution in [3.05, 3.63) is 36.0 Å². The van der Waals surface area contributed by atoms with Gasteiger partial charge in [0.05, 0.1) is 12.8 Å². The lowest BCUT2D eigenvalue weighted by atomic mass is 10.2. The van der Waals surface area contributed by atoms with Gasteiger partial charge < -0.3 is 15.4 Å². The van der Waals surface area contributed by atoms with Gasteiger partial charge in [0.1, 0.15) is 5.75 Å². The molecule has 0 bridgehead atoms. The Kier molecular flexibility index (Phi) is 4.01. The van der Waals surface area contributed by atoms with E-state index in [9.17, 15) is 0 Å². The molecule has 1 aromatic carbocycles. The average Bonchev–Trinajstić information content (AvgIpc) is 2.75. The first-order chi connectivity index (χ1) is 9.08. The van der Waals surface area contributed by atoms with Gasteiger partial charge in [-0.25, -0.2) is 0 Å². The molecule has 0 radical (unpaired) electrons. The summed E-state index contributed by atoms with van der Waals surface area (Å²) in [6.45, 7) is 2.01. The van der Waals surface area contributed by atoms with Gasteiger partial charge in [0.2, 0.25) is 0 Å². The van der Waals surface area contributed by atoms with Crippen LogP contribution in [0.4, 0.5) is 11.5 Å². The standard InChI is InChI=1S/C13H16N4OS/c1-9-4-5-11(18-3)10(8-9)14-13(19)15-12-6-7-17(2)16-12/h4-8H,1-3H3,(H2,14,15,16,19). The molecular weight excluding hydrogens is 260 g/mol. The van der Waals surface area contributed by atoms with Crippen LogP contribution in [0.2, 0.25) is 0 Å². The summed E-state index contributed by atoms with van der Waals surface area (Å²) in [6.07, 6.45) is 1.85. The molecule has 0 amide bonds. The zero-order chi connectivity index (χ0) is 13.8. The van der Waals surface area contributed by atoms with E-state index in [4.69, 9.17) is 17.0 Å². The summed E-state index contributed by atoms with van der Waals surface area (Å²) in [5.41, 5.74) is 1.96. The van der Waals surface area contributed by atoms with Gasteiger partial charge in [-0.1, -0.05) is 6.07 Å². The van der Waals surface area contributed by atoms with Crippen LogP contribution >= 0.6 is 12.2 Å². The Labute approximate surface area is 117 Å². The Bertz CT molecular complexity index is 594. The highest BCUT2D eigenvalue weighted by atomic mass is 32.1. The van der Waals surface area contributed by atoms with Crippen LogP contribution in [0.15, 0.2) is 30.5 Å². The highest BCUT2D eigenvalue weighted by Gasteiger charge is 2.06. The number of nitrogens with zero attached hydrogens (tertiary/aromatic N) is 2. The average molecular weight is 276 g/mol. The van der Waals surface area contributed by atoms with E-state index in [1.807, 2.05) is 44.4 Å². The van der Waals surface area contributed by atoms with Crippen molar-refractivity contribution in [3.63, 3.8) is 0 Å². The molecule has 6 heteroatoms. The molecule has 5 nitrogen and oxygen atoms in total. The van der Waals surface area contributed by atoms with Crippen molar-refractivity contribution in [2.24, 2.45) is 7.05 Å². The topological polar surface area (TPSA) is 51.1 Å². The Morgan fingerprint density at radius 2 is 2.11 bits per heavy atom. The van der Waals surface area contributed by atoms with E-state index >= 15 is 0 Å². The quantitative estimate of drug-likeness (QED) is 0.844. The van der Waals surface area contributed by atoms with Crippen LogP contribution in [0.3, 0.4) is 0 Å². The van der Waals surface area contributed by atoms with Crippen molar-refractivity contribution in [2.45, 2.75) is 6.92 Å². The summed E-state index contributed by atoms with van der Waals surface area (Å²) in [4.78, 5) is 0. The third-order valence-electron chi connectivity index (χ3n) is 2.56. The van der Waals surface area contributed by atoms with Gasteiger partial charge in [-0.15, -0.1) is 0 Å². The normalized spacial score (nSPS) is 10.1. The lowest BCUT2D eigenvalue weighted by Gasteiger charge is -2.13. The Morgan fingerprint density at radius 1 is 1.32 bits per heavy atom. The van der Waals surface area contributed by atoms with Gasteiger partial charge >= 0.3 is 0 Å². The number of thiocarbonyl (C=S) groups is 1. The summed E-state index contributed by atoms with van der Waals surface area (Å²) in [7, 11) is 3.48. The fraction of sp³-hybridized carbons (Fsp3) is 0.231. The van der Waals surface area contributed by atoms with Crippen LogP contribution in [0, 0.1) is 6.92 Å². The Hall–Kier alpha value is -2.08. The summed E-state index contributed by atoms with van der Waals surface area (Å²) < 4.78 is 6.99. The third kappa shape index (κ3) is 3.45. The van der Waals surface area contributed by atoms with Crippen LogP contribution < -0.4 is 15.4 Å². The monoisotopic (exact) mass is 276 g/mol. The SMILES string of the molecule is COc1ccc(C)cc1NC(=S)Nc1ccn(C)n1. The van der Waals surface area contributed by atoms with Gasteiger partial charge in [-0.05, 0) is 36.8 Å². The number of anilines is 2. The number of nitrogens with one attached hydrogen (secondary N) is 2. The number of benzene rings is 1. The van der Waals surface area contributed by atoms with E-state index in [0.29, 0.717) is 10.9 Å². The second-order valence-corrected chi connectivity index (χ2v) is 4.57. The number of hydrogen-bond acceptors (Lipinski definition) is 3. The molecule has 0 spiro atoms. The van der Waals surface area contributed by atoms with Crippen LogP contribution in [0.5, 0.6) is 5.75 Å². The van der Waals surface area contributed by atoms with Crippen molar-refractivity contribution in [2.75, 3.05) is 17.7 Å². The van der Waals surface area contributed by atoms with Gasteiger partial charge in [-0.2, -0.15) is 5.10 Å². The van der Waals surface area contributed by atoms with E-state index in [-0.39, 0.29) is 0 Å². The minimum Gasteiger partial charge on any atom is -0.495 e. The van der Waals surface area contributed by atoms with Crippen LogP contribution in [0.25, 0.3) is 0 Å². The lowest BCUT2D eigenvalue weighted by molar-refractivity contribution is 0.417. The van der Waals surface area contributed by atoms with E-state index in [2.05, 4.69) is 15.7 Å². The maximum Gasteiger partial charge on any atom is 0.176 e. The molecule has 0 saturated carbocycles. The van der Waals surface area contributed by atoms with E-state index in [0.717, 1.165) is 17.0 Å². The van der Waals surface area contributed by atoms with Crippen molar-refractivity contribution in [1.29, 1.82) is 0 Å². The van der Waals surface area contributed by atoms with E-state index < -0.39 is 0 Å². The Balaban J connectivity index is 2.08. The first-order valence-corrected chi connectivity index (χ1v) is 6.21. The molecule has 2 rings (SSSR count). The highest BCUT2D eigenvalue weighted by molar-refractivity contribution is 7.80. The number of hydrogen-bond donors (Lipinski definition) is 2. The molecule has 0 atom stereocenters. The molecule has 0 aliphatic heterocycles. The second kappa shape index (κ2) is 5.71. The van der Waals surface area contributed by atoms with E-state index in [1.54, 1.807) is 11.8 Å². The summed E-state index contributed by atoms with van der Waals surface area (Å²) >= 11 is 5.25. The highest BCUT2D eigenvalue weighted by Crippen LogP contribution is 2.25. The molecule has 2 aromatic rings. The van der Waals surface area contributed by atoms with Crippen molar-refractivity contribution in [1.82, 2.24) is 9.78 Å². The summed E-state index contributed by atoms with van der Waals surface area (Å²) in [5, 5.41) is 10.8. The smallest absolute Gasteiger partial charge is 0.176 e. The number of ether oxygens (including phenoxy) is 1. The molecule has 1 heterocycles. The maximum absolute atomic E-state index is 5.29. The fourth-order valence-electron chi connectivity index (χ4n) is 1.67. The maximum atomic E-state index is 5.29. The predicted octanol–water partition coefficient (Wildman–Crippen LogP) is 2.55. The van der Waals surface area contributed by atoms with Gasteiger partial charge in [0.15, 0.2) is 10.9 Å². The number of aryl methyl sites for hydroxylation is 2. The summed E-state index contributed by atoms with van der Waals surface area (Å²) in [5.74, 6) is 1.45. The molecule has 100 valence electrons. The molecule has 0 aliphatic carbocycles.